The van der Waals surface area contributed by atoms with E-state index < -0.39 is 0 Å². The van der Waals surface area contributed by atoms with Gasteiger partial charge in [-0.25, -0.2) is 0 Å². The molecule has 0 spiro atoms. The quantitative estimate of drug-likeness (QED) is 0.648. The van der Waals surface area contributed by atoms with Crippen molar-refractivity contribution in [3.8, 4) is 0 Å². The summed E-state index contributed by atoms with van der Waals surface area (Å²) in [6, 6.07) is 0. The standard InChI is InChI=1S/C8H16N2.C2H7P/c1-3-4-5-10-7-6-9(2)8-10;1-3-2/h6-7H,3-5,8H2,1-2H3;3H,1-2H3. The maximum Gasteiger partial charge on any atom is 0.0890 e. The first-order valence-corrected chi connectivity index (χ1v) is 6.95. The van der Waals surface area contributed by atoms with Crippen molar-refractivity contribution in [3.05, 3.63) is 12.4 Å². The summed E-state index contributed by atoms with van der Waals surface area (Å²) in [5.41, 5.74) is 0. The highest BCUT2D eigenvalue weighted by Crippen LogP contribution is 2.04. The second-order valence-corrected chi connectivity index (χ2v) is 4.36. The Bertz CT molecular complexity index is 137. The minimum Gasteiger partial charge on any atom is -0.362 e. The van der Waals surface area contributed by atoms with Crippen molar-refractivity contribution in [1.82, 2.24) is 9.80 Å². The fourth-order valence-electron chi connectivity index (χ4n) is 1.10. The molecule has 13 heavy (non-hydrogen) atoms. The highest BCUT2D eigenvalue weighted by Gasteiger charge is 2.05. The van der Waals surface area contributed by atoms with Crippen LogP contribution in [-0.4, -0.2) is 43.4 Å². The highest BCUT2D eigenvalue weighted by molar-refractivity contribution is 7.35. The molecule has 0 radical (unpaired) electrons. The summed E-state index contributed by atoms with van der Waals surface area (Å²) in [6.45, 7) is 8.81. The van der Waals surface area contributed by atoms with Gasteiger partial charge in [0.1, 0.15) is 0 Å². The molecule has 2 nitrogen and oxygen atoms in total. The maximum atomic E-state index is 2.34. The van der Waals surface area contributed by atoms with Gasteiger partial charge in [0, 0.05) is 26.0 Å². The maximum absolute atomic E-state index is 2.34. The average Bonchev–Trinajstić information content (AvgIpc) is 2.49. The minimum atomic E-state index is 1.07. The molecule has 0 aromatic rings. The van der Waals surface area contributed by atoms with Crippen LogP contribution in [0.15, 0.2) is 12.4 Å². The van der Waals surface area contributed by atoms with Crippen LogP contribution in [-0.2, 0) is 0 Å². The van der Waals surface area contributed by atoms with Gasteiger partial charge in [0.25, 0.3) is 0 Å². The third-order valence-corrected chi connectivity index (χ3v) is 1.74. The van der Waals surface area contributed by atoms with E-state index in [9.17, 15) is 0 Å². The molecule has 0 aromatic heterocycles. The van der Waals surface area contributed by atoms with Gasteiger partial charge in [-0.3, -0.25) is 0 Å². The molecule has 0 unspecified atom stereocenters. The topological polar surface area (TPSA) is 6.48 Å². The molecule has 0 atom stereocenters. The predicted octanol–water partition coefficient (Wildman–Crippen LogP) is 2.39. The Morgan fingerprint density at radius 1 is 1.31 bits per heavy atom. The second kappa shape index (κ2) is 8.37. The fraction of sp³-hybridized carbons (Fsp3) is 0.800. The summed E-state index contributed by atoms with van der Waals surface area (Å²) in [7, 11) is 3.18. The second-order valence-electron chi connectivity index (χ2n) is 3.36. The summed E-state index contributed by atoms with van der Waals surface area (Å²) in [5.74, 6) is 0. The fourth-order valence-corrected chi connectivity index (χ4v) is 1.10. The molecule has 0 fully saturated rings. The average molecular weight is 202 g/mol. The van der Waals surface area contributed by atoms with E-state index >= 15 is 0 Å². The van der Waals surface area contributed by atoms with Gasteiger partial charge in [-0.1, -0.05) is 13.3 Å². The van der Waals surface area contributed by atoms with E-state index in [0.29, 0.717) is 0 Å². The molecule has 0 aliphatic carbocycles. The summed E-state index contributed by atoms with van der Waals surface area (Å²) >= 11 is 0. The molecule has 0 saturated carbocycles. The van der Waals surface area contributed by atoms with E-state index in [2.05, 4.69) is 49.5 Å². The third kappa shape index (κ3) is 6.89. The van der Waals surface area contributed by atoms with Gasteiger partial charge in [0.2, 0.25) is 0 Å². The van der Waals surface area contributed by atoms with Crippen molar-refractivity contribution in [2.75, 3.05) is 33.6 Å². The third-order valence-electron chi connectivity index (χ3n) is 1.74. The van der Waals surface area contributed by atoms with Gasteiger partial charge in [-0.05, 0) is 19.8 Å². The van der Waals surface area contributed by atoms with Crippen molar-refractivity contribution in [3.63, 3.8) is 0 Å². The number of hydrogen-bond donors (Lipinski definition) is 0. The van der Waals surface area contributed by atoms with Crippen LogP contribution in [0.4, 0.5) is 0 Å². The van der Waals surface area contributed by atoms with Crippen molar-refractivity contribution >= 4 is 8.58 Å². The normalized spacial score (nSPS) is 14.5. The number of rotatable bonds is 3. The lowest BCUT2D eigenvalue weighted by Gasteiger charge is -2.17. The first-order valence-electron chi connectivity index (χ1n) is 4.95. The zero-order valence-corrected chi connectivity index (χ0v) is 10.4. The molecule has 3 heteroatoms. The Labute approximate surface area is 84.8 Å². The molecular weight excluding hydrogens is 179 g/mol. The van der Waals surface area contributed by atoms with Crippen molar-refractivity contribution in [2.45, 2.75) is 19.8 Å². The predicted molar refractivity (Wildman–Crippen MR) is 63.5 cm³/mol. The molecular formula is C10H23N2P. The molecule has 0 saturated heterocycles. The first kappa shape index (κ1) is 12.8. The molecule has 0 N–H and O–H groups in total. The SMILES string of the molecule is CCCCN1C=CN(C)C1.CPC. The molecule has 0 bridgehead atoms. The molecule has 78 valence electrons. The smallest absolute Gasteiger partial charge is 0.0890 e. The summed E-state index contributed by atoms with van der Waals surface area (Å²) in [4.78, 5) is 4.53. The Balaban J connectivity index is 0.000000424. The van der Waals surface area contributed by atoms with Crippen LogP contribution in [0.25, 0.3) is 0 Å². The lowest BCUT2D eigenvalue weighted by Crippen LogP contribution is -2.23. The van der Waals surface area contributed by atoms with E-state index in [-0.39, 0.29) is 0 Å². The Morgan fingerprint density at radius 2 is 1.92 bits per heavy atom. The molecule has 1 aliphatic rings. The van der Waals surface area contributed by atoms with Gasteiger partial charge < -0.3 is 9.80 Å². The summed E-state index contributed by atoms with van der Waals surface area (Å²) in [5, 5.41) is 0. The Hall–Kier alpha value is -0.230. The van der Waals surface area contributed by atoms with Gasteiger partial charge in [-0.2, -0.15) is 0 Å². The zero-order valence-electron chi connectivity index (χ0n) is 9.38. The number of unbranched alkanes of at least 4 members (excludes halogenated alkanes) is 1. The highest BCUT2D eigenvalue weighted by atomic mass is 31.1. The Kier molecular flexibility index (Phi) is 8.22. The van der Waals surface area contributed by atoms with Crippen LogP contribution < -0.4 is 0 Å². The van der Waals surface area contributed by atoms with Gasteiger partial charge >= 0.3 is 0 Å². The first-order chi connectivity index (χ1) is 6.24. The van der Waals surface area contributed by atoms with Crippen LogP contribution in [0.1, 0.15) is 19.8 Å². The van der Waals surface area contributed by atoms with Crippen molar-refractivity contribution in [2.24, 2.45) is 0 Å². The van der Waals surface area contributed by atoms with E-state index in [0.717, 1.165) is 15.2 Å². The lowest BCUT2D eigenvalue weighted by molar-refractivity contribution is 0.293. The molecule has 0 aromatic carbocycles. The van der Waals surface area contributed by atoms with E-state index in [1.165, 1.54) is 19.4 Å². The summed E-state index contributed by atoms with van der Waals surface area (Å²) < 4.78 is 0. The lowest BCUT2D eigenvalue weighted by atomic mass is 10.3. The zero-order chi connectivity index (χ0) is 10.1. The van der Waals surface area contributed by atoms with Gasteiger partial charge in [0.05, 0.1) is 6.67 Å². The van der Waals surface area contributed by atoms with Gasteiger partial charge in [-0.15, -0.1) is 8.58 Å². The largest absolute Gasteiger partial charge is 0.362 e. The van der Waals surface area contributed by atoms with Crippen LogP contribution in [0.5, 0.6) is 0 Å². The van der Waals surface area contributed by atoms with Crippen LogP contribution >= 0.6 is 8.58 Å². The van der Waals surface area contributed by atoms with Crippen molar-refractivity contribution < 1.29 is 0 Å². The molecule has 1 heterocycles. The molecule has 0 amide bonds. The minimum absolute atomic E-state index is 1.07. The van der Waals surface area contributed by atoms with E-state index in [1.54, 1.807) is 0 Å². The number of hydrogen-bond acceptors (Lipinski definition) is 2. The van der Waals surface area contributed by atoms with Gasteiger partial charge in [0.15, 0.2) is 0 Å². The Morgan fingerprint density at radius 3 is 2.31 bits per heavy atom. The van der Waals surface area contributed by atoms with E-state index in [4.69, 9.17) is 0 Å². The molecule has 1 rings (SSSR count). The van der Waals surface area contributed by atoms with Crippen LogP contribution in [0.3, 0.4) is 0 Å². The number of nitrogens with zero attached hydrogens (tertiary/aromatic N) is 2. The van der Waals surface area contributed by atoms with Crippen LogP contribution in [0.2, 0.25) is 0 Å². The summed E-state index contributed by atoms with van der Waals surface area (Å²) in [6.07, 6.45) is 6.87. The monoisotopic (exact) mass is 202 g/mol. The van der Waals surface area contributed by atoms with Crippen LogP contribution in [0, 0.1) is 0 Å². The van der Waals surface area contributed by atoms with Crippen molar-refractivity contribution in [1.29, 1.82) is 0 Å². The molecule has 1 aliphatic heterocycles. The van der Waals surface area contributed by atoms with E-state index in [1.807, 2.05) is 0 Å².